The highest BCUT2D eigenvalue weighted by atomic mass is 32.2. The van der Waals surface area contributed by atoms with Crippen LogP contribution in [0.2, 0.25) is 0 Å². The number of rotatable bonds is 9. The van der Waals surface area contributed by atoms with Gasteiger partial charge in [-0.2, -0.15) is 0 Å². The Balaban J connectivity index is 2.44. The second-order valence-corrected chi connectivity index (χ2v) is 5.34. The van der Waals surface area contributed by atoms with E-state index in [0.29, 0.717) is 12.8 Å². The van der Waals surface area contributed by atoms with Crippen molar-refractivity contribution in [2.45, 2.75) is 23.8 Å². The Bertz CT molecular complexity index is 487. The molecule has 1 amide bonds. The fourth-order valence-electron chi connectivity index (χ4n) is 1.60. The molecule has 21 heavy (non-hydrogen) atoms. The van der Waals surface area contributed by atoms with Crippen molar-refractivity contribution >= 4 is 23.6 Å². The lowest BCUT2D eigenvalue weighted by molar-refractivity contribution is -0.141. The number of allylic oxidation sites excluding steroid dienone is 1. The summed E-state index contributed by atoms with van der Waals surface area (Å²) in [7, 11) is 1.59. The molecule has 0 radical (unpaired) electrons. The Morgan fingerprint density at radius 2 is 2.10 bits per heavy atom. The maximum Gasteiger partial charge on any atom is 0.326 e. The lowest BCUT2D eigenvalue weighted by Gasteiger charge is -2.13. The van der Waals surface area contributed by atoms with E-state index in [1.807, 2.05) is 24.3 Å². The van der Waals surface area contributed by atoms with Gasteiger partial charge in [-0.3, -0.25) is 4.79 Å². The SMILES string of the molecule is C=CCCC(NC(=O)CSc1ccc(OC)cc1)C(=O)O. The molecular weight excluding hydrogens is 290 g/mol. The van der Waals surface area contributed by atoms with Gasteiger partial charge < -0.3 is 15.2 Å². The van der Waals surface area contributed by atoms with Gasteiger partial charge in [-0.15, -0.1) is 18.3 Å². The van der Waals surface area contributed by atoms with Crippen LogP contribution in [0, 0.1) is 0 Å². The number of methoxy groups -OCH3 is 1. The Morgan fingerprint density at radius 1 is 1.43 bits per heavy atom. The Hall–Kier alpha value is -1.95. The average molecular weight is 309 g/mol. The number of thioether (sulfide) groups is 1. The molecule has 0 saturated heterocycles. The number of carboxylic acid groups (broad SMARTS) is 1. The van der Waals surface area contributed by atoms with E-state index in [1.54, 1.807) is 13.2 Å². The van der Waals surface area contributed by atoms with E-state index < -0.39 is 12.0 Å². The highest BCUT2D eigenvalue weighted by Gasteiger charge is 2.18. The number of nitrogens with one attached hydrogen (secondary N) is 1. The molecule has 0 heterocycles. The Kier molecular flexibility index (Phi) is 7.39. The molecule has 0 spiro atoms. The molecule has 0 aliphatic carbocycles. The molecular formula is C15H19NO4S. The van der Waals surface area contributed by atoms with E-state index in [2.05, 4.69) is 11.9 Å². The maximum atomic E-state index is 11.8. The molecule has 6 heteroatoms. The van der Waals surface area contributed by atoms with Crippen LogP contribution in [0.15, 0.2) is 41.8 Å². The van der Waals surface area contributed by atoms with Crippen molar-refractivity contribution in [3.8, 4) is 5.75 Å². The van der Waals surface area contributed by atoms with E-state index in [1.165, 1.54) is 11.8 Å². The molecule has 0 saturated carbocycles. The molecule has 2 N–H and O–H groups in total. The predicted molar refractivity (Wildman–Crippen MR) is 82.7 cm³/mol. The molecule has 0 aromatic heterocycles. The van der Waals surface area contributed by atoms with Gasteiger partial charge in [0.25, 0.3) is 0 Å². The van der Waals surface area contributed by atoms with Crippen LogP contribution in [0.5, 0.6) is 5.75 Å². The zero-order chi connectivity index (χ0) is 15.7. The molecule has 0 aliphatic heterocycles. The quantitative estimate of drug-likeness (QED) is 0.541. The van der Waals surface area contributed by atoms with Crippen LogP contribution < -0.4 is 10.1 Å². The first-order valence-electron chi connectivity index (χ1n) is 6.46. The first kappa shape index (κ1) is 17.1. The van der Waals surface area contributed by atoms with Gasteiger partial charge in [-0.25, -0.2) is 4.79 Å². The van der Waals surface area contributed by atoms with Crippen molar-refractivity contribution in [3.05, 3.63) is 36.9 Å². The summed E-state index contributed by atoms with van der Waals surface area (Å²) in [5, 5.41) is 11.5. The normalized spacial score (nSPS) is 11.5. The summed E-state index contributed by atoms with van der Waals surface area (Å²) >= 11 is 1.34. The van der Waals surface area contributed by atoms with Crippen LogP contribution in [0.25, 0.3) is 0 Å². The van der Waals surface area contributed by atoms with Crippen molar-refractivity contribution in [3.63, 3.8) is 0 Å². The third kappa shape index (κ3) is 6.35. The third-order valence-corrected chi connectivity index (χ3v) is 3.73. The number of carbonyl (C=O) groups is 2. The highest BCUT2D eigenvalue weighted by Crippen LogP contribution is 2.21. The van der Waals surface area contributed by atoms with E-state index in [4.69, 9.17) is 9.84 Å². The summed E-state index contributed by atoms with van der Waals surface area (Å²) in [6.07, 6.45) is 2.52. The summed E-state index contributed by atoms with van der Waals surface area (Å²) in [5.41, 5.74) is 0. The van der Waals surface area contributed by atoms with E-state index in [9.17, 15) is 9.59 Å². The second kappa shape index (κ2) is 9.07. The number of benzene rings is 1. The molecule has 0 bridgehead atoms. The fraction of sp³-hybridized carbons (Fsp3) is 0.333. The summed E-state index contributed by atoms with van der Waals surface area (Å²) in [6, 6.07) is 6.45. The van der Waals surface area contributed by atoms with Gasteiger partial charge in [-0.05, 0) is 37.1 Å². The molecule has 0 aliphatic rings. The minimum atomic E-state index is -1.03. The molecule has 114 valence electrons. The lowest BCUT2D eigenvalue weighted by Crippen LogP contribution is -2.41. The smallest absolute Gasteiger partial charge is 0.326 e. The van der Waals surface area contributed by atoms with Gasteiger partial charge in [-0.1, -0.05) is 6.08 Å². The van der Waals surface area contributed by atoms with Gasteiger partial charge in [0.05, 0.1) is 12.9 Å². The summed E-state index contributed by atoms with van der Waals surface area (Å²) < 4.78 is 5.05. The van der Waals surface area contributed by atoms with Crippen molar-refractivity contribution in [2.75, 3.05) is 12.9 Å². The zero-order valence-corrected chi connectivity index (χ0v) is 12.7. The Labute approximate surface area is 128 Å². The minimum Gasteiger partial charge on any atom is -0.497 e. The van der Waals surface area contributed by atoms with E-state index in [0.717, 1.165) is 10.6 Å². The largest absolute Gasteiger partial charge is 0.497 e. The first-order chi connectivity index (χ1) is 10.1. The third-order valence-electron chi connectivity index (χ3n) is 2.72. The number of hydrogen-bond acceptors (Lipinski definition) is 4. The van der Waals surface area contributed by atoms with Crippen LogP contribution in [0.1, 0.15) is 12.8 Å². The van der Waals surface area contributed by atoms with Gasteiger partial charge >= 0.3 is 5.97 Å². The topological polar surface area (TPSA) is 75.6 Å². The molecule has 1 atom stereocenters. The minimum absolute atomic E-state index is 0.171. The van der Waals surface area contributed by atoms with Gasteiger partial charge in [0.2, 0.25) is 5.91 Å². The number of aliphatic carboxylic acids is 1. The molecule has 1 rings (SSSR count). The summed E-state index contributed by atoms with van der Waals surface area (Å²) in [5.74, 6) is -0.407. The van der Waals surface area contributed by atoms with Crippen molar-refractivity contribution in [2.24, 2.45) is 0 Å². The van der Waals surface area contributed by atoms with Crippen LogP contribution in [-0.4, -0.2) is 35.9 Å². The highest BCUT2D eigenvalue weighted by molar-refractivity contribution is 8.00. The Morgan fingerprint density at radius 3 is 2.62 bits per heavy atom. The van der Waals surface area contributed by atoms with Crippen molar-refractivity contribution < 1.29 is 19.4 Å². The van der Waals surface area contributed by atoms with Crippen LogP contribution in [0.3, 0.4) is 0 Å². The molecule has 1 aromatic rings. The van der Waals surface area contributed by atoms with Crippen LogP contribution in [0.4, 0.5) is 0 Å². The number of hydrogen-bond donors (Lipinski definition) is 2. The molecule has 1 unspecified atom stereocenters. The monoisotopic (exact) mass is 309 g/mol. The molecule has 0 fully saturated rings. The summed E-state index contributed by atoms with van der Waals surface area (Å²) in [4.78, 5) is 23.7. The lowest BCUT2D eigenvalue weighted by atomic mass is 10.1. The number of ether oxygens (including phenoxy) is 1. The van der Waals surface area contributed by atoms with Gasteiger partial charge in [0.1, 0.15) is 11.8 Å². The number of amides is 1. The predicted octanol–water partition coefficient (Wildman–Crippen LogP) is 2.32. The second-order valence-electron chi connectivity index (χ2n) is 4.29. The van der Waals surface area contributed by atoms with Crippen LogP contribution >= 0.6 is 11.8 Å². The zero-order valence-electron chi connectivity index (χ0n) is 11.9. The fourth-order valence-corrected chi connectivity index (χ4v) is 2.31. The average Bonchev–Trinajstić information content (AvgIpc) is 2.49. The van der Waals surface area contributed by atoms with Crippen LogP contribution in [-0.2, 0) is 9.59 Å². The first-order valence-corrected chi connectivity index (χ1v) is 7.45. The van der Waals surface area contributed by atoms with Gasteiger partial charge in [0.15, 0.2) is 0 Å². The van der Waals surface area contributed by atoms with Crippen molar-refractivity contribution in [1.82, 2.24) is 5.32 Å². The summed E-state index contributed by atoms with van der Waals surface area (Å²) in [6.45, 7) is 3.54. The van der Waals surface area contributed by atoms with E-state index in [-0.39, 0.29) is 11.7 Å². The number of carbonyl (C=O) groups excluding carboxylic acids is 1. The standard InChI is InChI=1S/C15H19NO4S/c1-3-4-5-13(15(18)19)16-14(17)10-21-12-8-6-11(20-2)7-9-12/h3,6-9,13H,1,4-5,10H2,2H3,(H,16,17)(H,18,19). The van der Waals surface area contributed by atoms with Gasteiger partial charge in [0, 0.05) is 4.90 Å². The number of carboxylic acids is 1. The maximum absolute atomic E-state index is 11.8. The van der Waals surface area contributed by atoms with E-state index >= 15 is 0 Å². The molecule has 5 nitrogen and oxygen atoms in total. The van der Waals surface area contributed by atoms with Crippen molar-refractivity contribution in [1.29, 1.82) is 0 Å². The molecule has 1 aromatic carbocycles.